The second-order valence-electron chi connectivity index (χ2n) is 6.65. The largest absolute Gasteiger partial charge is 0.376 e. The molecule has 7 heteroatoms. The van der Waals surface area contributed by atoms with Crippen molar-refractivity contribution in [3.8, 4) is 0 Å². The summed E-state index contributed by atoms with van der Waals surface area (Å²) in [6, 6.07) is 5.59. The Hall–Kier alpha value is -1.60. The summed E-state index contributed by atoms with van der Waals surface area (Å²) < 4.78 is 31.1. The van der Waals surface area contributed by atoms with E-state index in [1.807, 2.05) is 26.0 Å². The van der Waals surface area contributed by atoms with Crippen molar-refractivity contribution in [2.75, 3.05) is 30.3 Å². The minimum atomic E-state index is -3.39. The topological polar surface area (TPSA) is 75.7 Å². The number of hydrogen-bond acceptors (Lipinski definition) is 4. The van der Waals surface area contributed by atoms with Crippen LogP contribution < -0.4 is 9.62 Å². The molecule has 1 atom stereocenters. The summed E-state index contributed by atoms with van der Waals surface area (Å²) in [7, 11) is -3.39. The van der Waals surface area contributed by atoms with E-state index in [-0.39, 0.29) is 18.6 Å². The first-order chi connectivity index (χ1) is 11.8. The van der Waals surface area contributed by atoms with Gasteiger partial charge < -0.3 is 10.1 Å². The Labute approximate surface area is 150 Å². The lowest BCUT2D eigenvalue weighted by atomic mass is 10.1. The molecule has 1 aliphatic heterocycles. The highest BCUT2D eigenvalue weighted by atomic mass is 32.2. The molecular formula is C18H28N2O4S. The summed E-state index contributed by atoms with van der Waals surface area (Å²) in [5, 5.41) is 2.86. The number of rotatable bonds is 8. The van der Waals surface area contributed by atoms with Crippen LogP contribution in [0.1, 0.15) is 36.8 Å². The van der Waals surface area contributed by atoms with E-state index < -0.39 is 10.0 Å². The van der Waals surface area contributed by atoms with Crippen LogP contribution in [0.5, 0.6) is 0 Å². The third-order valence-electron chi connectivity index (χ3n) is 4.49. The first-order valence-electron chi connectivity index (χ1n) is 8.70. The lowest BCUT2D eigenvalue weighted by molar-refractivity contribution is -0.121. The Balaban J connectivity index is 1.87. The van der Waals surface area contributed by atoms with Crippen molar-refractivity contribution in [3.63, 3.8) is 0 Å². The number of anilines is 1. The zero-order valence-corrected chi connectivity index (χ0v) is 16.1. The molecule has 1 aliphatic rings. The molecule has 1 amide bonds. The maximum absolute atomic E-state index is 12.1. The second kappa shape index (κ2) is 8.67. The highest BCUT2D eigenvalue weighted by Crippen LogP contribution is 2.21. The SMILES string of the molecule is Cc1ccc(N(CCCC(=O)NC[C@H]2CCCO2)S(C)(=O)=O)cc1C. The molecule has 6 nitrogen and oxygen atoms in total. The van der Waals surface area contributed by atoms with Crippen molar-refractivity contribution < 1.29 is 17.9 Å². The van der Waals surface area contributed by atoms with Crippen molar-refractivity contribution >= 4 is 21.6 Å². The predicted octanol–water partition coefficient (Wildman–Crippen LogP) is 2.14. The lowest BCUT2D eigenvalue weighted by Crippen LogP contribution is -2.34. The van der Waals surface area contributed by atoms with Gasteiger partial charge in [0, 0.05) is 26.1 Å². The van der Waals surface area contributed by atoms with Crippen LogP contribution in [-0.2, 0) is 19.6 Å². The number of carbonyl (C=O) groups is 1. The first kappa shape index (κ1) is 19.7. The van der Waals surface area contributed by atoms with Gasteiger partial charge in [0.15, 0.2) is 0 Å². The highest BCUT2D eigenvalue weighted by molar-refractivity contribution is 7.92. The van der Waals surface area contributed by atoms with Gasteiger partial charge >= 0.3 is 0 Å². The fourth-order valence-electron chi connectivity index (χ4n) is 2.87. The molecule has 1 aromatic carbocycles. The summed E-state index contributed by atoms with van der Waals surface area (Å²) in [5.74, 6) is -0.0657. The number of sulfonamides is 1. The van der Waals surface area contributed by atoms with Gasteiger partial charge in [-0.2, -0.15) is 0 Å². The molecule has 1 N–H and O–H groups in total. The standard InChI is InChI=1S/C18H28N2O4S/c1-14-8-9-16(12-15(14)2)20(25(3,22)23)10-4-7-18(21)19-13-17-6-5-11-24-17/h8-9,12,17H,4-7,10-11,13H2,1-3H3,(H,19,21)/t17-/m1/s1. The lowest BCUT2D eigenvalue weighted by Gasteiger charge is -2.23. The van der Waals surface area contributed by atoms with E-state index in [1.54, 1.807) is 6.07 Å². The minimum Gasteiger partial charge on any atom is -0.376 e. The van der Waals surface area contributed by atoms with Gasteiger partial charge in [-0.25, -0.2) is 8.42 Å². The maximum atomic E-state index is 12.1. The Bertz CT molecular complexity index is 697. The summed E-state index contributed by atoms with van der Waals surface area (Å²) in [4.78, 5) is 11.9. The molecule has 1 aromatic rings. The van der Waals surface area contributed by atoms with Gasteiger partial charge in [-0.1, -0.05) is 6.07 Å². The summed E-state index contributed by atoms with van der Waals surface area (Å²) in [6.45, 7) is 5.53. The first-order valence-corrected chi connectivity index (χ1v) is 10.6. The quantitative estimate of drug-likeness (QED) is 0.763. The number of ether oxygens (including phenoxy) is 1. The van der Waals surface area contributed by atoms with Gasteiger partial charge in [-0.3, -0.25) is 9.10 Å². The number of nitrogens with zero attached hydrogens (tertiary/aromatic N) is 1. The van der Waals surface area contributed by atoms with Crippen LogP contribution in [-0.4, -0.2) is 46.4 Å². The fraction of sp³-hybridized carbons (Fsp3) is 0.611. The highest BCUT2D eigenvalue weighted by Gasteiger charge is 2.19. The van der Waals surface area contributed by atoms with Gasteiger partial charge in [0.1, 0.15) is 0 Å². The van der Waals surface area contributed by atoms with E-state index in [2.05, 4.69) is 5.32 Å². The van der Waals surface area contributed by atoms with Crippen molar-refractivity contribution in [2.45, 2.75) is 45.6 Å². The van der Waals surface area contributed by atoms with Gasteiger partial charge in [0.05, 0.1) is 18.0 Å². The molecule has 0 radical (unpaired) electrons. The van der Waals surface area contributed by atoms with Crippen LogP contribution in [0.2, 0.25) is 0 Å². The Morgan fingerprint density at radius 2 is 2.08 bits per heavy atom. The van der Waals surface area contributed by atoms with E-state index in [4.69, 9.17) is 4.74 Å². The number of hydrogen-bond donors (Lipinski definition) is 1. The van der Waals surface area contributed by atoms with Crippen molar-refractivity contribution in [3.05, 3.63) is 29.3 Å². The monoisotopic (exact) mass is 368 g/mol. The Kier molecular flexibility index (Phi) is 6.84. The molecule has 0 bridgehead atoms. The van der Waals surface area contributed by atoms with Gasteiger partial charge in [-0.05, 0) is 56.4 Å². The smallest absolute Gasteiger partial charge is 0.232 e. The molecule has 0 spiro atoms. The van der Waals surface area contributed by atoms with Gasteiger partial charge in [0.2, 0.25) is 15.9 Å². The van der Waals surface area contributed by atoms with E-state index in [9.17, 15) is 13.2 Å². The van der Waals surface area contributed by atoms with Crippen molar-refractivity contribution in [1.29, 1.82) is 0 Å². The number of carbonyl (C=O) groups excluding carboxylic acids is 1. The van der Waals surface area contributed by atoms with Crippen LogP contribution in [0.25, 0.3) is 0 Å². The predicted molar refractivity (Wildman–Crippen MR) is 99.3 cm³/mol. The number of nitrogens with one attached hydrogen (secondary N) is 1. The van der Waals surface area contributed by atoms with Gasteiger partial charge in [0.25, 0.3) is 0 Å². The van der Waals surface area contributed by atoms with Crippen LogP contribution >= 0.6 is 0 Å². The molecular weight excluding hydrogens is 340 g/mol. The van der Waals surface area contributed by atoms with Crippen molar-refractivity contribution in [1.82, 2.24) is 5.32 Å². The molecule has 1 heterocycles. The Morgan fingerprint density at radius 1 is 1.32 bits per heavy atom. The van der Waals surface area contributed by atoms with Crippen LogP contribution in [0, 0.1) is 13.8 Å². The molecule has 140 valence electrons. The summed E-state index contributed by atoms with van der Waals surface area (Å²) >= 11 is 0. The zero-order chi connectivity index (χ0) is 18.4. The van der Waals surface area contributed by atoms with Crippen LogP contribution in [0.15, 0.2) is 18.2 Å². The van der Waals surface area contributed by atoms with Crippen molar-refractivity contribution in [2.24, 2.45) is 0 Å². The molecule has 25 heavy (non-hydrogen) atoms. The second-order valence-corrected chi connectivity index (χ2v) is 8.55. The molecule has 0 saturated carbocycles. The van der Waals surface area contributed by atoms with E-state index in [1.165, 1.54) is 10.6 Å². The van der Waals surface area contributed by atoms with E-state index in [0.29, 0.717) is 25.1 Å². The third kappa shape index (κ3) is 6.01. The normalized spacial score (nSPS) is 17.5. The molecule has 2 rings (SSSR count). The minimum absolute atomic E-state index is 0.0657. The number of benzene rings is 1. The third-order valence-corrected chi connectivity index (χ3v) is 5.69. The summed E-state index contributed by atoms with van der Waals surface area (Å²) in [6.07, 6.45) is 4.10. The molecule has 0 aliphatic carbocycles. The molecule has 1 saturated heterocycles. The van der Waals surface area contributed by atoms with Crippen LogP contribution in [0.3, 0.4) is 0 Å². The maximum Gasteiger partial charge on any atom is 0.232 e. The fourth-order valence-corrected chi connectivity index (χ4v) is 3.83. The average Bonchev–Trinajstić information content (AvgIpc) is 3.05. The molecule has 0 aromatic heterocycles. The summed E-state index contributed by atoms with van der Waals surface area (Å²) in [5.41, 5.74) is 2.80. The van der Waals surface area contributed by atoms with Gasteiger partial charge in [-0.15, -0.1) is 0 Å². The number of aryl methyl sites for hydroxylation is 2. The molecule has 0 unspecified atom stereocenters. The average molecular weight is 368 g/mol. The molecule has 1 fully saturated rings. The number of amides is 1. The van der Waals surface area contributed by atoms with E-state index in [0.717, 1.165) is 30.6 Å². The Morgan fingerprint density at radius 3 is 2.68 bits per heavy atom. The van der Waals surface area contributed by atoms with Crippen LogP contribution in [0.4, 0.5) is 5.69 Å². The zero-order valence-electron chi connectivity index (χ0n) is 15.2. The van der Waals surface area contributed by atoms with E-state index >= 15 is 0 Å².